The first kappa shape index (κ1) is 22.0. The van der Waals surface area contributed by atoms with Crippen molar-refractivity contribution in [2.24, 2.45) is 4.99 Å². The third-order valence-corrected chi connectivity index (χ3v) is 5.63. The molecule has 30 heavy (non-hydrogen) atoms. The minimum atomic E-state index is -0.0133. The highest BCUT2D eigenvalue weighted by molar-refractivity contribution is 7.98. The number of nitrogens with one attached hydrogen (secondary N) is 1. The highest BCUT2D eigenvalue weighted by Gasteiger charge is 2.09. The molecule has 0 atom stereocenters. The van der Waals surface area contributed by atoms with Crippen molar-refractivity contribution in [3.63, 3.8) is 0 Å². The van der Waals surface area contributed by atoms with Crippen molar-refractivity contribution < 1.29 is 0 Å². The van der Waals surface area contributed by atoms with Crippen LogP contribution in [0.25, 0.3) is 0 Å². The Balaban J connectivity index is 1.52. The zero-order chi connectivity index (χ0) is 21.3. The molecule has 3 rings (SSSR count). The number of thioether (sulfide) groups is 1. The number of aromatic amines is 1. The summed E-state index contributed by atoms with van der Waals surface area (Å²) in [6.07, 6.45) is 2.27. The zero-order valence-electron chi connectivity index (χ0n) is 17.8. The van der Waals surface area contributed by atoms with Crippen LogP contribution in [0.1, 0.15) is 42.2 Å². The van der Waals surface area contributed by atoms with E-state index >= 15 is 0 Å². The minimum Gasteiger partial charge on any atom is -0.310 e. The van der Waals surface area contributed by atoms with Gasteiger partial charge in [0.15, 0.2) is 5.82 Å². The summed E-state index contributed by atoms with van der Waals surface area (Å²) in [5.74, 6) is 3.18. The van der Waals surface area contributed by atoms with Crippen molar-refractivity contribution in [3.8, 4) is 0 Å². The molecule has 1 N–H and O–H groups in total. The average Bonchev–Trinajstić information content (AvgIpc) is 2.71. The maximum absolute atomic E-state index is 12.5. The standard InChI is InChI=1S/C24H28N4OS/c1-17(2)25-22-11-7-10-20(27-22)16-30-15-14-23-26-18(3)21(24(29)28-23)13-12-19-8-5-4-6-9-19/h4-11H,12-16H2,1-3H3,(H,26,28,29). The maximum atomic E-state index is 12.5. The Labute approximate surface area is 182 Å². The largest absolute Gasteiger partial charge is 0.310 e. The molecule has 0 radical (unpaired) electrons. The van der Waals surface area contributed by atoms with Crippen molar-refractivity contribution in [2.45, 2.75) is 45.8 Å². The molecule has 0 saturated heterocycles. The van der Waals surface area contributed by atoms with Gasteiger partial charge in [-0.25, -0.2) is 15.0 Å². The van der Waals surface area contributed by atoms with Crippen molar-refractivity contribution in [3.05, 3.63) is 87.2 Å². The summed E-state index contributed by atoms with van der Waals surface area (Å²) in [5.41, 5.74) is 4.83. The second kappa shape index (κ2) is 10.9. The smallest absolute Gasteiger partial charge is 0.254 e. The molecular weight excluding hydrogens is 392 g/mol. The van der Waals surface area contributed by atoms with Gasteiger partial charge in [-0.2, -0.15) is 11.8 Å². The number of H-pyrrole nitrogens is 1. The molecule has 3 aromatic rings. The van der Waals surface area contributed by atoms with E-state index in [4.69, 9.17) is 0 Å². The van der Waals surface area contributed by atoms with E-state index in [1.54, 1.807) is 11.8 Å². The number of benzene rings is 1. The first-order valence-electron chi connectivity index (χ1n) is 10.2. The lowest BCUT2D eigenvalue weighted by molar-refractivity contribution is 0.840. The molecule has 0 spiro atoms. The van der Waals surface area contributed by atoms with Crippen LogP contribution in [-0.4, -0.2) is 26.4 Å². The van der Waals surface area contributed by atoms with E-state index in [-0.39, 0.29) is 5.56 Å². The van der Waals surface area contributed by atoms with Gasteiger partial charge in [0.2, 0.25) is 0 Å². The van der Waals surface area contributed by atoms with Gasteiger partial charge in [-0.15, -0.1) is 0 Å². The summed E-state index contributed by atoms with van der Waals surface area (Å²) in [6.45, 7) is 5.86. The van der Waals surface area contributed by atoms with Gasteiger partial charge in [-0.1, -0.05) is 36.4 Å². The van der Waals surface area contributed by atoms with E-state index < -0.39 is 0 Å². The Kier molecular flexibility index (Phi) is 7.97. The molecule has 0 fully saturated rings. The van der Waals surface area contributed by atoms with Gasteiger partial charge in [-0.3, -0.25) is 4.79 Å². The fraction of sp³-hybridized carbons (Fsp3) is 0.333. The molecule has 5 nitrogen and oxygen atoms in total. The highest BCUT2D eigenvalue weighted by Crippen LogP contribution is 2.15. The molecule has 0 unspecified atom stereocenters. The van der Waals surface area contributed by atoms with Gasteiger partial charge in [0.1, 0.15) is 5.82 Å². The van der Waals surface area contributed by atoms with Crippen LogP contribution in [0.2, 0.25) is 0 Å². The lowest BCUT2D eigenvalue weighted by Gasteiger charge is -2.08. The normalized spacial score (nSPS) is 10.8. The van der Waals surface area contributed by atoms with Crippen LogP contribution in [0.3, 0.4) is 0 Å². The van der Waals surface area contributed by atoms with E-state index in [1.807, 2.05) is 57.2 Å². The van der Waals surface area contributed by atoms with E-state index in [0.717, 1.165) is 58.7 Å². The topological polar surface area (TPSA) is 71.0 Å². The molecular formula is C24H28N4OS. The van der Waals surface area contributed by atoms with Crippen LogP contribution in [-0.2, 0) is 25.0 Å². The van der Waals surface area contributed by atoms with E-state index in [2.05, 4.69) is 32.1 Å². The number of hydrogen-bond acceptors (Lipinski definition) is 5. The Morgan fingerprint density at radius 1 is 1.00 bits per heavy atom. The van der Waals surface area contributed by atoms with Gasteiger partial charge >= 0.3 is 0 Å². The van der Waals surface area contributed by atoms with Gasteiger partial charge in [0.25, 0.3) is 5.56 Å². The predicted octanol–water partition coefficient (Wildman–Crippen LogP) is 4.85. The average molecular weight is 421 g/mol. The van der Waals surface area contributed by atoms with Crippen LogP contribution < -0.4 is 5.56 Å². The summed E-state index contributed by atoms with van der Waals surface area (Å²) in [6, 6.07) is 16.1. The molecule has 0 bridgehead atoms. The number of aliphatic imine (C=N–C) groups is 1. The van der Waals surface area contributed by atoms with Crippen LogP contribution >= 0.6 is 11.8 Å². The third kappa shape index (κ3) is 6.66. The number of pyridine rings is 1. The molecule has 0 aliphatic rings. The van der Waals surface area contributed by atoms with Crippen LogP contribution in [0, 0.1) is 6.92 Å². The predicted molar refractivity (Wildman–Crippen MR) is 126 cm³/mol. The van der Waals surface area contributed by atoms with E-state index in [0.29, 0.717) is 6.42 Å². The van der Waals surface area contributed by atoms with Crippen LogP contribution in [0.5, 0.6) is 0 Å². The summed E-state index contributed by atoms with van der Waals surface area (Å²) < 4.78 is 0. The molecule has 2 heterocycles. The third-order valence-electron chi connectivity index (χ3n) is 4.64. The van der Waals surface area contributed by atoms with Crippen molar-refractivity contribution in [1.82, 2.24) is 15.0 Å². The Morgan fingerprint density at radius 3 is 2.53 bits per heavy atom. The van der Waals surface area contributed by atoms with Crippen molar-refractivity contribution in [2.75, 3.05) is 5.75 Å². The van der Waals surface area contributed by atoms with Gasteiger partial charge in [-0.05, 0) is 51.3 Å². The molecule has 0 aliphatic heterocycles. The molecule has 0 amide bonds. The molecule has 6 heteroatoms. The second-order valence-corrected chi connectivity index (χ2v) is 8.52. The van der Waals surface area contributed by atoms with Gasteiger partial charge in [0.05, 0.1) is 5.69 Å². The number of nitrogens with zero attached hydrogens (tertiary/aromatic N) is 3. The summed E-state index contributed by atoms with van der Waals surface area (Å²) >= 11 is 1.78. The molecule has 0 aliphatic carbocycles. The minimum absolute atomic E-state index is 0.0133. The first-order valence-corrected chi connectivity index (χ1v) is 11.3. The number of aryl methyl sites for hydroxylation is 3. The summed E-state index contributed by atoms with van der Waals surface area (Å²) in [5, 5.41) is 0. The Bertz CT molecular complexity index is 1060. The maximum Gasteiger partial charge on any atom is 0.254 e. The van der Waals surface area contributed by atoms with Gasteiger partial charge in [0, 0.05) is 34.9 Å². The lowest BCUT2D eigenvalue weighted by Crippen LogP contribution is -2.20. The highest BCUT2D eigenvalue weighted by atomic mass is 32.2. The fourth-order valence-corrected chi connectivity index (χ4v) is 4.03. The Morgan fingerprint density at radius 2 is 1.80 bits per heavy atom. The lowest BCUT2D eigenvalue weighted by atomic mass is 10.0. The zero-order valence-corrected chi connectivity index (χ0v) is 18.6. The number of aromatic nitrogens is 3. The number of rotatable bonds is 9. The first-order chi connectivity index (χ1) is 14.5. The Hall–Kier alpha value is -2.73. The summed E-state index contributed by atoms with van der Waals surface area (Å²) in [7, 11) is 0. The van der Waals surface area contributed by atoms with Crippen molar-refractivity contribution in [1.29, 1.82) is 0 Å². The fourth-order valence-electron chi connectivity index (χ4n) is 3.18. The van der Waals surface area contributed by atoms with Crippen molar-refractivity contribution >= 4 is 23.3 Å². The van der Waals surface area contributed by atoms with Crippen LogP contribution in [0.4, 0.5) is 5.82 Å². The molecule has 0 saturated carbocycles. The van der Waals surface area contributed by atoms with E-state index in [9.17, 15) is 4.79 Å². The SMILES string of the molecule is CC(C)=Nc1cccc(CSCCc2nc(C)c(CCc3ccccc3)c(=O)[nH]2)n1. The molecule has 2 aromatic heterocycles. The molecule has 1 aromatic carbocycles. The quantitative estimate of drug-likeness (QED) is 0.397. The summed E-state index contributed by atoms with van der Waals surface area (Å²) in [4.78, 5) is 29.1. The molecule has 156 valence electrons. The second-order valence-electron chi connectivity index (χ2n) is 7.41. The van der Waals surface area contributed by atoms with Gasteiger partial charge < -0.3 is 4.98 Å². The van der Waals surface area contributed by atoms with Crippen LogP contribution in [0.15, 0.2) is 58.3 Å². The number of hydrogen-bond donors (Lipinski definition) is 1. The monoisotopic (exact) mass is 420 g/mol. The van der Waals surface area contributed by atoms with E-state index in [1.165, 1.54) is 5.56 Å².